The van der Waals surface area contributed by atoms with E-state index < -0.39 is 0 Å². The monoisotopic (exact) mass is 336 g/mol. The number of carbonyl (C=O) groups excluding carboxylic acids is 1. The Hall–Kier alpha value is -3.15. The van der Waals surface area contributed by atoms with Gasteiger partial charge in [-0.2, -0.15) is 5.10 Å². The SMILES string of the molecule is CCOc1ccc(C(=O)NCCn2ccc(-c3ccncc3)n2)cc1. The highest BCUT2D eigenvalue weighted by molar-refractivity contribution is 5.94. The Balaban J connectivity index is 1.51. The van der Waals surface area contributed by atoms with Crippen LogP contribution in [0.1, 0.15) is 17.3 Å². The van der Waals surface area contributed by atoms with Gasteiger partial charge in [0.25, 0.3) is 5.91 Å². The highest BCUT2D eigenvalue weighted by Crippen LogP contribution is 2.15. The van der Waals surface area contributed by atoms with Gasteiger partial charge in [0.15, 0.2) is 0 Å². The first-order valence-electron chi connectivity index (χ1n) is 8.21. The molecule has 1 aromatic carbocycles. The summed E-state index contributed by atoms with van der Waals surface area (Å²) >= 11 is 0. The zero-order valence-electron chi connectivity index (χ0n) is 14.1. The summed E-state index contributed by atoms with van der Waals surface area (Å²) in [4.78, 5) is 16.1. The van der Waals surface area contributed by atoms with E-state index in [1.54, 1.807) is 36.7 Å². The van der Waals surface area contributed by atoms with Gasteiger partial charge < -0.3 is 10.1 Å². The van der Waals surface area contributed by atoms with E-state index in [0.717, 1.165) is 17.0 Å². The molecule has 0 aliphatic heterocycles. The van der Waals surface area contributed by atoms with E-state index in [2.05, 4.69) is 15.4 Å². The summed E-state index contributed by atoms with van der Waals surface area (Å²) in [6, 6.07) is 12.9. The Morgan fingerprint density at radius 1 is 1.12 bits per heavy atom. The van der Waals surface area contributed by atoms with E-state index in [-0.39, 0.29) is 5.91 Å². The number of amides is 1. The largest absolute Gasteiger partial charge is 0.494 e. The first kappa shape index (κ1) is 16.7. The summed E-state index contributed by atoms with van der Waals surface area (Å²) in [5.41, 5.74) is 2.52. The van der Waals surface area contributed by atoms with Gasteiger partial charge >= 0.3 is 0 Å². The van der Waals surface area contributed by atoms with Crippen LogP contribution < -0.4 is 10.1 Å². The summed E-state index contributed by atoms with van der Waals surface area (Å²) in [5.74, 6) is 0.656. The number of rotatable bonds is 7. The van der Waals surface area contributed by atoms with E-state index in [1.807, 2.05) is 36.0 Å². The van der Waals surface area contributed by atoms with Crippen LogP contribution in [-0.2, 0) is 6.54 Å². The third kappa shape index (κ3) is 4.44. The maximum absolute atomic E-state index is 12.1. The van der Waals surface area contributed by atoms with Gasteiger partial charge in [0, 0.05) is 36.3 Å². The number of ether oxygens (including phenoxy) is 1. The van der Waals surface area contributed by atoms with Crippen molar-refractivity contribution in [2.45, 2.75) is 13.5 Å². The topological polar surface area (TPSA) is 69.0 Å². The maximum atomic E-state index is 12.1. The minimum Gasteiger partial charge on any atom is -0.494 e. The summed E-state index contributed by atoms with van der Waals surface area (Å²) in [6.07, 6.45) is 5.38. The van der Waals surface area contributed by atoms with E-state index in [0.29, 0.717) is 25.3 Å². The van der Waals surface area contributed by atoms with Gasteiger partial charge in [-0.05, 0) is 49.4 Å². The lowest BCUT2D eigenvalue weighted by Crippen LogP contribution is -2.27. The van der Waals surface area contributed by atoms with E-state index in [4.69, 9.17) is 4.74 Å². The van der Waals surface area contributed by atoms with Gasteiger partial charge in [-0.1, -0.05) is 0 Å². The lowest BCUT2D eigenvalue weighted by atomic mass is 10.2. The fraction of sp³-hybridized carbons (Fsp3) is 0.211. The van der Waals surface area contributed by atoms with Crippen molar-refractivity contribution < 1.29 is 9.53 Å². The van der Waals surface area contributed by atoms with Crippen molar-refractivity contribution in [1.82, 2.24) is 20.1 Å². The second-order valence-electron chi connectivity index (χ2n) is 5.41. The molecule has 0 spiro atoms. The molecule has 3 aromatic rings. The lowest BCUT2D eigenvalue weighted by Gasteiger charge is -2.07. The minimum absolute atomic E-state index is 0.107. The molecule has 2 aromatic heterocycles. The normalized spacial score (nSPS) is 10.4. The average Bonchev–Trinajstić information content (AvgIpc) is 3.12. The smallest absolute Gasteiger partial charge is 0.251 e. The third-order valence-electron chi connectivity index (χ3n) is 3.67. The van der Waals surface area contributed by atoms with Crippen LogP contribution in [0, 0.1) is 0 Å². The molecule has 0 saturated heterocycles. The Morgan fingerprint density at radius 3 is 2.60 bits per heavy atom. The molecule has 0 aliphatic carbocycles. The van der Waals surface area contributed by atoms with Crippen LogP contribution in [0.4, 0.5) is 0 Å². The lowest BCUT2D eigenvalue weighted by molar-refractivity contribution is 0.0952. The number of pyridine rings is 1. The van der Waals surface area contributed by atoms with Gasteiger partial charge in [-0.25, -0.2) is 0 Å². The molecule has 6 heteroatoms. The van der Waals surface area contributed by atoms with Crippen molar-refractivity contribution in [2.75, 3.05) is 13.2 Å². The Bertz CT molecular complexity index is 813. The first-order valence-corrected chi connectivity index (χ1v) is 8.21. The van der Waals surface area contributed by atoms with Gasteiger partial charge in [0.1, 0.15) is 5.75 Å². The van der Waals surface area contributed by atoms with Crippen LogP contribution in [0.3, 0.4) is 0 Å². The van der Waals surface area contributed by atoms with Crippen molar-refractivity contribution >= 4 is 5.91 Å². The third-order valence-corrected chi connectivity index (χ3v) is 3.67. The quantitative estimate of drug-likeness (QED) is 0.720. The molecule has 6 nitrogen and oxygen atoms in total. The van der Waals surface area contributed by atoms with E-state index >= 15 is 0 Å². The first-order chi connectivity index (χ1) is 12.3. The zero-order valence-corrected chi connectivity index (χ0v) is 14.1. The highest BCUT2D eigenvalue weighted by Gasteiger charge is 2.06. The summed E-state index contributed by atoms with van der Waals surface area (Å²) in [7, 11) is 0. The van der Waals surface area contributed by atoms with Crippen molar-refractivity contribution in [3.05, 3.63) is 66.6 Å². The molecule has 25 heavy (non-hydrogen) atoms. The Morgan fingerprint density at radius 2 is 1.88 bits per heavy atom. The number of carbonyl (C=O) groups is 1. The van der Waals surface area contributed by atoms with E-state index in [1.165, 1.54) is 0 Å². The Labute approximate surface area is 146 Å². The van der Waals surface area contributed by atoms with Gasteiger partial charge in [-0.15, -0.1) is 0 Å². The fourth-order valence-corrected chi connectivity index (χ4v) is 2.42. The summed E-state index contributed by atoms with van der Waals surface area (Å²) < 4.78 is 7.18. The average molecular weight is 336 g/mol. The predicted molar refractivity (Wildman–Crippen MR) is 95.4 cm³/mol. The maximum Gasteiger partial charge on any atom is 0.251 e. The zero-order chi connectivity index (χ0) is 17.5. The molecule has 0 atom stereocenters. The second kappa shape index (κ2) is 8.10. The number of nitrogens with zero attached hydrogens (tertiary/aromatic N) is 3. The standard InChI is InChI=1S/C19H20N4O2/c1-2-25-17-5-3-16(4-6-17)19(24)21-12-14-23-13-9-18(22-23)15-7-10-20-11-8-15/h3-11,13H,2,12,14H2,1H3,(H,21,24). The molecule has 0 saturated carbocycles. The molecular formula is C19H20N4O2. The molecule has 0 unspecified atom stereocenters. The summed E-state index contributed by atoms with van der Waals surface area (Å²) in [6.45, 7) is 3.64. The van der Waals surface area contributed by atoms with Crippen molar-refractivity contribution in [1.29, 1.82) is 0 Å². The molecule has 2 heterocycles. The van der Waals surface area contributed by atoms with Crippen LogP contribution in [-0.4, -0.2) is 33.8 Å². The van der Waals surface area contributed by atoms with Crippen molar-refractivity contribution in [3.63, 3.8) is 0 Å². The molecule has 1 amide bonds. The second-order valence-corrected chi connectivity index (χ2v) is 5.41. The van der Waals surface area contributed by atoms with Gasteiger partial charge in [-0.3, -0.25) is 14.5 Å². The predicted octanol–water partition coefficient (Wildman–Crippen LogP) is 2.77. The van der Waals surface area contributed by atoms with Crippen molar-refractivity contribution in [2.24, 2.45) is 0 Å². The van der Waals surface area contributed by atoms with Crippen LogP contribution in [0.5, 0.6) is 5.75 Å². The van der Waals surface area contributed by atoms with Crippen LogP contribution in [0.15, 0.2) is 61.1 Å². The van der Waals surface area contributed by atoms with Gasteiger partial charge in [0.2, 0.25) is 0 Å². The van der Waals surface area contributed by atoms with Gasteiger partial charge in [0.05, 0.1) is 18.8 Å². The number of nitrogens with one attached hydrogen (secondary N) is 1. The van der Waals surface area contributed by atoms with Crippen LogP contribution >= 0.6 is 0 Å². The minimum atomic E-state index is -0.107. The van der Waals surface area contributed by atoms with E-state index in [9.17, 15) is 4.79 Å². The van der Waals surface area contributed by atoms with Crippen LogP contribution in [0.25, 0.3) is 11.3 Å². The number of aromatic nitrogens is 3. The molecule has 3 rings (SSSR count). The molecule has 0 aliphatic rings. The number of benzene rings is 1. The molecule has 128 valence electrons. The number of hydrogen-bond acceptors (Lipinski definition) is 4. The molecule has 1 N–H and O–H groups in total. The fourth-order valence-electron chi connectivity index (χ4n) is 2.42. The molecular weight excluding hydrogens is 316 g/mol. The summed E-state index contributed by atoms with van der Waals surface area (Å²) in [5, 5.41) is 7.40. The van der Waals surface area contributed by atoms with Crippen molar-refractivity contribution in [3.8, 4) is 17.0 Å². The van der Waals surface area contributed by atoms with Crippen LogP contribution in [0.2, 0.25) is 0 Å². The molecule has 0 bridgehead atoms. The molecule has 0 fully saturated rings. The highest BCUT2D eigenvalue weighted by atomic mass is 16.5. The Kier molecular flexibility index (Phi) is 5.41. The molecule has 0 radical (unpaired) electrons. The number of hydrogen-bond donors (Lipinski definition) is 1.